The van der Waals surface area contributed by atoms with Gasteiger partial charge in [-0.15, -0.1) is 0 Å². The molecule has 2 nitrogen and oxygen atoms in total. The molecule has 1 aromatic carbocycles. The van der Waals surface area contributed by atoms with E-state index in [4.69, 9.17) is 11.1 Å². The molecule has 3 heteroatoms. The maximum absolute atomic E-state index is 7.35. The second kappa shape index (κ2) is 5.21. The summed E-state index contributed by atoms with van der Waals surface area (Å²) in [7, 11) is 0. The van der Waals surface area contributed by atoms with Gasteiger partial charge < -0.3 is 5.73 Å². The second-order valence-electron chi connectivity index (χ2n) is 3.91. The molecule has 0 bridgehead atoms. The summed E-state index contributed by atoms with van der Waals surface area (Å²) in [6.45, 7) is 6.47. The summed E-state index contributed by atoms with van der Waals surface area (Å²) in [5.41, 5.74) is 8.79. The van der Waals surface area contributed by atoms with Crippen LogP contribution < -0.4 is 5.73 Å². The fourth-order valence-corrected chi connectivity index (χ4v) is 2.12. The Hall–Kier alpha value is -0.960. The normalized spacial score (nSPS) is 10.7. The molecule has 1 rings (SSSR count). The summed E-state index contributed by atoms with van der Waals surface area (Å²) in [6, 6.07) is 5.98. The zero-order valence-electron chi connectivity index (χ0n) is 9.50. The number of aryl methyl sites for hydroxylation is 1. The van der Waals surface area contributed by atoms with Crippen LogP contribution in [0.15, 0.2) is 18.2 Å². The van der Waals surface area contributed by atoms with Crippen molar-refractivity contribution in [1.29, 1.82) is 5.41 Å². The Morgan fingerprint density at radius 2 is 2.13 bits per heavy atom. The molecule has 0 spiro atoms. The quantitative estimate of drug-likeness (QED) is 0.608. The largest absolute Gasteiger partial charge is 0.384 e. The van der Waals surface area contributed by atoms with E-state index in [0.717, 1.165) is 11.3 Å². The highest BCUT2D eigenvalue weighted by Gasteiger charge is 2.03. The predicted octanol–water partition coefficient (Wildman–Crippen LogP) is 2.92. The lowest BCUT2D eigenvalue weighted by Gasteiger charge is -2.09. The molecular formula is C12H18N2S. The van der Waals surface area contributed by atoms with E-state index >= 15 is 0 Å². The summed E-state index contributed by atoms with van der Waals surface area (Å²) in [6.07, 6.45) is 0. The average Bonchev–Trinajstić information content (AvgIpc) is 2.15. The van der Waals surface area contributed by atoms with Crippen LogP contribution in [0.1, 0.15) is 30.5 Å². The molecule has 0 atom stereocenters. The Kier molecular flexibility index (Phi) is 4.21. The second-order valence-corrected chi connectivity index (χ2v) is 5.48. The average molecular weight is 222 g/mol. The standard InChI is InChI=1S/C12H18N2S/c1-8(2)15-7-11-5-4-10(12(13)14)6-9(11)3/h4-6,8H,7H2,1-3H3,(H3,13,14). The van der Waals surface area contributed by atoms with Crippen molar-refractivity contribution >= 4 is 17.6 Å². The monoisotopic (exact) mass is 222 g/mol. The number of hydrogen-bond acceptors (Lipinski definition) is 2. The molecule has 0 unspecified atom stereocenters. The van der Waals surface area contributed by atoms with Gasteiger partial charge in [0.25, 0.3) is 0 Å². The molecular weight excluding hydrogens is 204 g/mol. The molecule has 82 valence electrons. The molecule has 0 aliphatic carbocycles. The maximum Gasteiger partial charge on any atom is 0.122 e. The van der Waals surface area contributed by atoms with Gasteiger partial charge in [0.2, 0.25) is 0 Å². The van der Waals surface area contributed by atoms with Gasteiger partial charge in [0, 0.05) is 11.3 Å². The lowest BCUT2D eigenvalue weighted by molar-refractivity contribution is 1.11. The third-order valence-electron chi connectivity index (χ3n) is 2.23. The molecule has 3 N–H and O–H groups in total. The number of benzene rings is 1. The highest BCUT2D eigenvalue weighted by Crippen LogP contribution is 2.20. The predicted molar refractivity (Wildman–Crippen MR) is 68.6 cm³/mol. The Morgan fingerprint density at radius 1 is 1.47 bits per heavy atom. The van der Waals surface area contributed by atoms with Crippen LogP contribution in [0.3, 0.4) is 0 Å². The lowest BCUT2D eigenvalue weighted by Crippen LogP contribution is -2.11. The Balaban J connectivity index is 2.79. The number of nitrogens with one attached hydrogen (secondary N) is 1. The van der Waals surface area contributed by atoms with Crippen LogP contribution in [0.25, 0.3) is 0 Å². The van der Waals surface area contributed by atoms with Crippen molar-refractivity contribution in [2.24, 2.45) is 5.73 Å². The zero-order valence-corrected chi connectivity index (χ0v) is 10.3. The third-order valence-corrected chi connectivity index (χ3v) is 3.37. The minimum absolute atomic E-state index is 0.140. The summed E-state index contributed by atoms with van der Waals surface area (Å²) >= 11 is 1.93. The summed E-state index contributed by atoms with van der Waals surface area (Å²) in [5.74, 6) is 1.17. The van der Waals surface area contributed by atoms with E-state index in [-0.39, 0.29) is 5.84 Å². The van der Waals surface area contributed by atoms with Crippen LogP contribution in [0.5, 0.6) is 0 Å². The SMILES string of the molecule is Cc1cc(C(=N)N)ccc1CSC(C)C. The van der Waals surface area contributed by atoms with Gasteiger partial charge in [-0.1, -0.05) is 26.0 Å². The first-order chi connectivity index (χ1) is 7.00. The molecule has 15 heavy (non-hydrogen) atoms. The number of nitrogens with two attached hydrogens (primary N) is 1. The molecule has 0 heterocycles. The first kappa shape index (κ1) is 12.1. The van der Waals surface area contributed by atoms with Crippen molar-refractivity contribution in [1.82, 2.24) is 0 Å². The molecule has 0 aliphatic heterocycles. The number of amidine groups is 1. The van der Waals surface area contributed by atoms with Gasteiger partial charge in [0.05, 0.1) is 0 Å². The minimum atomic E-state index is 0.140. The van der Waals surface area contributed by atoms with Crippen LogP contribution in [-0.2, 0) is 5.75 Å². The summed E-state index contributed by atoms with van der Waals surface area (Å²) < 4.78 is 0. The van der Waals surface area contributed by atoms with E-state index < -0.39 is 0 Å². The van der Waals surface area contributed by atoms with Crippen molar-refractivity contribution in [3.63, 3.8) is 0 Å². The minimum Gasteiger partial charge on any atom is -0.384 e. The van der Waals surface area contributed by atoms with Crippen LogP contribution in [0.4, 0.5) is 0 Å². The van der Waals surface area contributed by atoms with Gasteiger partial charge in [-0.25, -0.2) is 0 Å². The summed E-state index contributed by atoms with van der Waals surface area (Å²) in [4.78, 5) is 0. The highest BCUT2D eigenvalue weighted by atomic mass is 32.2. The van der Waals surface area contributed by atoms with Crippen molar-refractivity contribution in [2.45, 2.75) is 31.8 Å². The van der Waals surface area contributed by atoms with Crippen molar-refractivity contribution in [2.75, 3.05) is 0 Å². The molecule has 0 saturated carbocycles. The highest BCUT2D eigenvalue weighted by molar-refractivity contribution is 7.99. The molecule has 0 saturated heterocycles. The Bertz CT molecular complexity index is 359. The molecule has 0 aromatic heterocycles. The topological polar surface area (TPSA) is 49.9 Å². The number of hydrogen-bond donors (Lipinski definition) is 2. The smallest absolute Gasteiger partial charge is 0.122 e. The van der Waals surface area contributed by atoms with Gasteiger partial charge >= 0.3 is 0 Å². The fraction of sp³-hybridized carbons (Fsp3) is 0.417. The van der Waals surface area contributed by atoms with E-state index in [2.05, 4.69) is 26.8 Å². The van der Waals surface area contributed by atoms with E-state index in [9.17, 15) is 0 Å². The van der Waals surface area contributed by atoms with Crippen LogP contribution in [0.2, 0.25) is 0 Å². The van der Waals surface area contributed by atoms with Crippen molar-refractivity contribution < 1.29 is 0 Å². The van der Waals surface area contributed by atoms with E-state index in [0.29, 0.717) is 5.25 Å². The molecule has 0 aliphatic rings. The molecule has 1 aromatic rings. The van der Waals surface area contributed by atoms with Crippen LogP contribution >= 0.6 is 11.8 Å². The zero-order chi connectivity index (χ0) is 11.4. The van der Waals surface area contributed by atoms with E-state index in [1.54, 1.807) is 0 Å². The molecule has 0 fully saturated rings. The first-order valence-corrected chi connectivity index (χ1v) is 6.11. The number of nitrogen functional groups attached to an aromatic ring is 1. The van der Waals surface area contributed by atoms with Crippen LogP contribution in [-0.4, -0.2) is 11.1 Å². The van der Waals surface area contributed by atoms with Gasteiger partial charge in [0.15, 0.2) is 0 Å². The number of rotatable bonds is 4. The lowest BCUT2D eigenvalue weighted by atomic mass is 10.1. The third kappa shape index (κ3) is 3.59. The molecule has 0 radical (unpaired) electrons. The maximum atomic E-state index is 7.35. The van der Waals surface area contributed by atoms with Gasteiger partial charge in [-0.05, 0) is 29.4 Å². The Morgan fingerprint density at radius 3 is 2.60 bits per heavy atom. The van der Waals surface area contributed by atoms with Gasteiger partial charge in [-0.2, -0.15) is 11.8 Å². The van der Waals surface area contributed by atoms with Crippen molar-refractivity contribution in [3.8, 4) is 0 Å². The Labute approximate surface area is 95.8 Å². The number of thioether (sulfide) groups is 1. The van der Waals surface area contributed by atoms with Crippen molar-refractivity contribution in [3.05, 3.63) is 34.9 Å². The molecule has 0 amide bonds. The first-order valence-electron chi connectivity index (χ1n) is 5.06. The summed E-state index contributed by atoms with van der Waals surface area (Å²) in [5, 5.41) is 8.00. The van der Waals surface area contributed by atoms with Gasteiger partial charge in [0.1, 0.15) is 5.84 Å². The van der Waals surface area contributed by atoms with Gasteiger partial charge in [-0.3, -0.25) is 5.41 Å². The van der Waals surface area contributed by atoms with E-state index in [1.807, 2.05) is 23.9 Å². The van der Waals surface area contributed by atoms with Crippen LogP contribution in [0, 0.1) is 12.3 Å². The van der Waals surface area contributed by atoms with E-state index in [1.165, 1.54) is 11.1 Å². The fourth-order valence-electron chi connectivity index (χ4n) is 1.28.